The first kappa shape index (κ1) is 23.1. The molecule has 7 nitrogen and oxygen atoms in total. The molecule has 0 spiro atoms. The van der Waals surface area contributed by atoms with Crippen molar-refractivity contribution in [1.82, 2.24) is 15.6 Å². The molecule has 2 aromatic carbocycles. The van der Waals surface area contributed by atoms with Crippen molar-refractivity contribution >= 4 is 17.6 Å². The Bertz CT molecular complexity index is 1020. The van der Waals surface area contributed by atoms with Crippen LogP contribution in [0.25, 0.3) is 11.5 Å². The summed E-state index contributed by atoms with van der Waals surface area (Å²) in [6, 6.07) is 15.8. The van der Waals surface area contributed by atoms with Gasteiger partial charge in [-0.3, -0.25) is 4.79 Å². The van der Waals surface area contributed by atoms with Crippen molar-refractivity contribution in [2.45, 2.75) is 46.7 Å². The molecule has 3 aromatic rings. The number of carbonyl (C=O) groups excluding carboxylic acids is 1. The lowest BCUT2D eigenvalue weighted by Gasteiger charge is -2.10. The van der Waals surface area contributed by atoms with Gasteiger partial charge in [0, 0.05) is 24.2 Å². The second-order valence-electron chi connectivity index (χ2n) is 7.55. The highest BCUT2D eigenvalue weighted by Gasteiger charge is 2.07. The second-order valence-corrected chi connectivity index (χ2v) is 7.55. The third-order valence-electron chi connectivity index (χ3n) is 4.77. The van der Waals surface area contributed by atoms with E-state index in [2.05, 4.69) is 32.9 Å². The summed E-state index contributed by atoms with van der Waals surface area (Å²) in [5.74, 6) is 1.35. The van der Waals surface area contributed by atoms with Crippen LogP contribution in [0, 0.1) is 6.92 Å². The second kappa shape index (κ2) is 11.7. The van der Waals surface area contributed by atoms with Crippen molar-refractivity contribution in [1.29, 1.82) is 0 Å². The number of carbonyl (C=O) groups is 1. The Kier molecular flexibility index (Phi) is 8.43. The molecular formula is C25H31N5O2. The van der Waals surface area contributed by atoms with E-state index >= 15 is 0 Å². The third kappa shape index (κ3) is 6.97. The first-order valence-electron chi connectivity index (χ1n) is 11.0. The maximum absolute atomic E-state index is 11.7. The van der Waals surface area contributed by atoms with Gasteiger partial charge in [0.05, 0.1) is 18.8 Å². The minimum atomic E-state index is 0.0373. The number of nitrogens with zero attached hydrogens (tertiary/aromatic N) is 2. The van der Waals surface area contributed by atoms with Gasteiger partial charge in [0.25, 0.3) is 0 Å². The molecule has 0 saturated carbocycles. The first-order valence-corrected chi connectivity index (χ1v) is 11.0. The summed E-state index contributed by atoms with van der Waals surface area (Å²) in [5, 5.41) is 9.43. The van der Waals surface area contributed by atoms with Gasteiger partial charge in [-0.25, -0.2) is 9.98 Å². The van der Waals surface area contributed by atoms with Crippen LogP contribution in [0.15, 0.2) is 64.2 Å². The molecule has 0 fully saturated rings. The zero-order valence-corrected chi connectivity index (χ0v) is 18.9. The predicted octanol–water partition coefficient (Wildman–Crippen LogP) is 4.64. The standard InChI is InChI=1S/C25H31N5O2/c1-4-6-23(31)29-21-13-9-19(10-14-21)15-27-25(26-5-2)28-16-22-17-32-24(30-22)20-11-7-18(3)8-12-20/h7-14,17H,4-6,15-16H2,1-3H3,(H,29,31)(H2,26,27,28). The predicted molar refractivity (Wildman–Crippen MR) is 128 cm³/mol. The van der Waals surface area contributed by atoms with E-state index in [0.29, 0.717) is 31.4 Å². The highest BCUT2D eigenvalue weighted by atomic mass is 16.3. The minimum absolute atomic E-state index is 0.0373. The molecule has 0 unspecified atom stereocenters. The number of aryl methyl sites for hydroxylation is 1. The topological polar surface area (TPSA) is 91.5 Å². The van der Waals surface area contributed by atoms with E-state index in [1.807, 2.05) is 62.4 Å². The van der Waals surface area contributed by atoms with Gasteiger partial charge in [-0.2, -0.15) is 0 Å². The fourth-order valence-corrected chi connectivity index (χ4v) is 3.05. The summed E-state index contributed by atoms with van der Waals surface area (Å²) in [6.45, 7) is 7.84. The normalized spacial score (nSPS) is 11.3. The summed E-state index contributed by atoms with van der Waals surface area (Å²) in [7, 11) is 0. The van der Waals surface area contributed by atoms with Crippen LogP contribution in [0.5, 0.6) is 0 Å². The van der Waals surface area contributed by atoms with Gasteiger partial charge in [0.15, 0.2) is 5.96 Å². The van der Waals surface area contributed by atoms with Gasteiger partial charge < -0.3 is 20.4 Å². The maximum atomic E-state index is 11.7. The molecule has 168 valence electrons. The van der Waals surface area contributed by atoms with Crippen LogP contribution < -0.4 is 16.0 Å². The molecule has 0 saturated heterocycles. The lowest BCUT2D eigenvalue weighted by atomic mass is 10.1. The van der Waals surface area contributed by atoms with Crippen molar-refractivity contribution in [3.63, 3.8) is 0 Å². The van der Waals surface area contributed by atoms with E-state index in [-0.39, 0.29) is 5.91 Å². The van der Waals surface area contributed by atoms with Crippen LogP contribution in [-0.4, -0.2) is 23.4 Å². The Morgan fingerprint density at radius 2 is 1.78 bits per heavy atom. The van der Waals surface area contributed by atoms with Crippen molar-refractivity contribution in [2.24, 2.45) is 4.99 Å². The zero-order chi connectivity index (χ0) is 22.8. The van der Waals surface area contributed by atoms with Crippen LogP contribution in [0.4, 0.5) is 5.69 Å². The van der Waals surface area contributed by atoms with Crippen molar-refractivity contribution < 1.29 is 9.21 Å². The monoisotopic (exact) mass is 433 g/mol. The largest absolute Gasteiger partial charge is 0.444 e. The molecule has 0 atom stereocenters. The number of oxazole rings is 1. The average molecular weight is 434 g/mol. The molecule has 3 rings (SSSR count). The highest BCUT2D eigenvalue weighted by Crippen LogP contribution is 2.19. The molecule has 1 amide bonds. The SMILES string of the molecule is CCCC(=O)Nc1ccc(CN=C(NCC)NCc2coc(-c3ccc(C)cc3)n2)cc1. The molecule has 3 N–H and O–H groups in total. The Labute approximate surface area is 189 Å². The molecular weight excluding hydrogens is 402 g/mol. The Morgan fingerprint density at radius 3 is 2.47 bits per heavy atom. The van der Waals surface area contributed by atoms with Gasteiger partial charge in [-0.15, -0.1) is 0 Å². The number of aromatic nitrogens is 1. The molecule has 7 heteroatoms. The van der Waals surface area contributed by atoms with Crippen molar-refractivity contribution in [3.8, 4) is 11.5 Å². The molecule has 0 radical (unpaired) electrons. The number of hydrogen-bond acceptors (Lipinski definition) is 4. The molecule has 0 aliphatic heterocycles. The smallest absolute Gasteiger partial charge is 0.226 e. The third-order valence-corrected chi connectivity index (χ3v) is 4.77. The van der Waals surface area contributed by atoms with E-state index in [9.17, 15) is 4.79 Å². The number of hydrogen-bond donors (Lipinski definition) is 3. The number of benzene rings is 2. The minimum Gasteiger partial charge on any atom is -0.444 e. The number of rotatable bonds is 9. The van der Waals surface area contributed by atoms with E-state index in [4.69, 9.17) is 4.42 Å². The fourth-order valence-electron chi connectivity index (χ4n) is 3.05. The van der Waals surface area contributed by atoms with Gasteiger partial charge in [0.1, 0.15) is 6.26 Å². The summed E-state index contributed by atoms with van der Waals surface area (Å²) in [5.41, 5.74) is 4.81. The molecule has 0 bridgehead atoms. The molecule has 32 heavy (non-hydrogen) atoms. The van der Waals surface area contributed by atoms with Gasteiger partial charge in [0.2, 0.25) is 11.8 Å². The number of amides is 1. The van der Waals surface area contributed by atoms with E-state index in [0.717, 1.165) is 35.5 Å². The van der Waals surface area contributed by atoms with Gasteiger partial charge >= 0.3 is 0 Å². The van der Waals surface area contributed by atoms with Crippen LogP contribution in [0.3, 0.4) is 0 Å². The summed E-state index contributed by atoms with van der Waals surface area (Å²) in [6.07, 6.45) is 3.03. The van der Waals surface area contributed by atoms with Crippen LogP contribution in [-0.2, 0) is 17.9 Å². The number of anilines is 1. The Balaban J connectivity index is 1.56. The summed E-state index contributed by atoms with van der Waals surface area (Å²) in [4.78, 5) is 20.9. The van der Waals surface area contributed by atoms with Crippen molar-refractivity contribution in [2.75, 3.05) is 11.9 Å². The first-order chi connectivity index (χ1) is 15.6. The molecule has 0 aliphatic carbocycles. The molecule has 1 aromatic heterocycles. The number of guanidine groups is 1. The summed E-state index contributed by atoms with van der Waals surface area (Å²) >= 11 is 0. The fraction of sp³-hybridized carbons (Fsp3) is 0.320. The Hall–Kier alpha value is -3.61. The highest BCUT2D eigenvalue weighted by molar-refractivity contribution is 5.90. The number of nitrogens with one attached hydrogen (secondary N) is 3. The van der Waals surface area contributed by atoms with Crippen LogP contribution in [0.1, 0.15) is 43.5 Å². The summed E-state index contributed by atoms with van der Waals surface area (Å²) < 4.78 is 5.62. The van der Waals surface area contributed by atoms with E-state index in [1.54, 1.807) is 6.26 Å². The molecule has 0 aliphatic rings. The lowest BCUT2D eigenvalue weighted by Crippen LogP contribution is -2.36. The van der Waals surface area contributed by atoms with E-state index < -0.39 is 0 Å². The van der Waals surface area contributed by atoms with Gasteiger partial charge in [-0.1, -0.05) is 36.8 Å². The van der Waals surface area contributed by atoms with Crippen molar-refractivity contribution in [3.05, 3.63) is 71.6 Å². The van der Waals surface area contributed by atoms with Crippen LogP contribution >= 0.6 is 0 Å². The van der Waals surface area contributed by atoms with Gasteiger partial charge in [-0.05, 0) is 50.1 Å². The lowest BCUT2D eigenvalue weighted by molar-refractivity contribution is -0.116. The quantitative estimate of drug-likeness (QED) is 0.338. The Morgan fingerprint density at radius 1 is 1.03 bits per heavy atom. The number of aliphatic imine (C=N–C) groups is 1. The zero-order valence-electron chi connectivity index (χ0n) is 18.9. The van der Waals surface area contributed by atoms with Crippen LogP contribution in [0.2, 0.25) is 0 Å². The molecule has 1 heterocycles. The average Bonchev–Trinajstić information content (AvgIpc) is 3.26. The maximum Gasteiger partial charge on any atom is 0.226 e. The van der Waals surface area contributed by atoms with E-state index in [1.165, 1.54) is 5.56 Å².